The number of aliphatic carboxylic acids is 1. The van der Waals surface area contributed by atoms with Crippen molar-refractivity contribution < 1.29 is 63.4 Å². The van der Waals surface area contributed by atoms with Crippen LogP contribution in [0.1, 0.15) is 13.4 Å². The summed E-state index contributed by atoms with van der Waals surface area (Å²) < 4.78 is 35.6. The minimum Gasteiger partial charge on any atom is -1.00 e. The molecule has 0 aliphatic carbocycles. The van der Waals surface area contributed by atoms with Crippen LogP contribution in [0.25, 0.3) is 0 Å². The molecule has 0 saturated heterocycles. The monoisotopic (exact) mass is 312 g/mol. The van der Waals surface area contributed by atoms with Gasteiger partial charge in [0.15, 0.2) is 5.25 Å². The molecule has 0 fully saturated rings. The zero-order chi connectivity index (χ0) is 14.6. The van der Waals surface area contributed by atoms with Gasteiger partial charge in [-0.2, -0.15) is 8.42 Å². The molecule has 1 rings (SSSR count). The average molecular weight is 312 g/mol. The third kappa shape index (κ3) is 5.59. The molecule has 0 saturated carbocycles. The number of hydrogen-bond donors (Lipinski definition) is 2. The number of aryl methyl sites for hydroxylation is 1. The molecule has 1 aromatic carbocycles. The molecule has 0 spiro atoms. The number of esters is 1. The van der Waals surface area contributed by atoms with E-state index in [1.54, 1.807) is 25.1 Å². The van der Waals surface area contributed by atoms with E-state index in [4.69, 9.17) is 14.4 Å². The Hall–Kier alpha value is -0.930. The second-order valence-electron chi connectivity index (χ2n) is 3.79. The van der Waals surface area contributed by atoms with Crippen molar-refractivity contribution in [2.75, 3.05) is 0 Å². The molecule has 0 amide bonds. The number of hydrogen-bond acceptors (Lipinski definition) is 5. The molecule has 0 aromatic heterocycles. The smallest absolute Gasteiger partial charge is 1.00 e. The first kappa shape index (κ1) is 19.1. The van der Waals surface area contributed by atoms with E-state index in [2.05, 4.69) is 0 Å². The van der Waals surface area contributed by atoms with E-state index in [0.29, 0.717) is 5.56 Å². The van der Waals surface area contributed by atoms with Gasteiger partial charge < -0.3 is 11.3 Å². The SMILES string of the molecule is Cc1ccccc1OC(=O)C(CC(=O)O)S(=O)(=O)O.[H-].[Na+]. The molecule has 106 valence electrons. The van der Waals surface area contributed by atoms with E-state index in [0.717, 1.165) is 0 Å². The van der Waals surface area contributed by atoms with E-state index in [1.807, 2.05) is 0 Å². The van der Waals surface area contributed by atoms with Gasteiger partial charge in [0, 0.05) is 0 Å². The van der Waals surface area contributed by atoms with E-state index in [1.165, 1.54) is 6.07 Å². The predicted molar refractivity (Wildman–Crippen MR) is 65.5 cm³/mol. The fourth-order valence-corrected chi connectivity index (χ4v) is 1.96. The standard InChI is InChI=1S/C11H12O7S.Na.H/c1-7-4-2-3-5-8(7)18-11(14)9(6-10(12)13)19(15,16)17;;/h2-5,9H,6H2,1H3,(H,12,13)(H,15,16,17);;/q;+1;-1. The zero-order valence-electron chi connectivity index (χ0n) is 11.9. The third-order valence-electron chi connectivity index (χ3n) is 2.29. The number of ether oxygens (including phenoxy) is 1. The first-order chi connectivity index (χ1) is 8.71. The minimum atomic E-state index is -4.85. The molecule has 1 unspecified atom stereocenters. The van der Waals surface area contributed by atoms with E-state index in [9.17, 15) is 18.0 Å². The second kappa shape index (κ2) is 7.75. The molecule has 0 heterocycles. The normalized spacial score (nSPS) is 12.1. The molecule has 9 heteroatoms. The summed E-state index contributed by atoms with van der Waals surface area (Å²) in [7, 11) is -4.85. The van der Waals surface area contributed by atoms with Gasteiger partial charge in [-0.3, -0.25) is 14.1 Å². The number of rotatable bonds is 5. The van der Waals surface area contributed by atoms with Crippen LogP contribution in [0.3, 0.4) is 0 Å². The summed E-state index contributed by atoms with van der Waals surface area (Å²) in [5.74, 6) is -2.77. The molecule has 0 aliphatic heterocycles. The first-order valence-corrected chi connectivity index (χ1v) is 6.67. The van der Waals surface area contributed by atoms with Gasteiger partial charge >= 0.3 is 41.5 Å². The average Bonchev–Trinajstić information content (AvgIpc) is 2.27. The van der Waals surface area contributed by atoms with Crippen molar-refractivity contribution in [1.29, 1.82) is 0 Å². The van der Waals surface area contributed by atoms with Crippen LogP contribution < -0.4 is 34.3 Å². The summed E-state index contributed by atoms with van der Waals surface area (Å²) in [6.07, 6.45) is -1.07. The van der Waals surface area contributed by atoms with Crippen molar-refractivity contribution in [2.24, 2.45) is 0 Å². The minimum absolute atomic E-state index is 0. The van der Waals surface area contributed by atoms with Gasteiger partial charge in [-0.25, -0.2) is 0 Å². The molecule has 0 radical (unpaired) electrons. The number of carboxylic acid groups (broad SMARTS) is 1. The Morgan fingerprint density at radius 1 is 1.35 bits per heavy atom. The van der Waals surface area contributed by atoms with Gasteiger partial charge in [0.05, 0.1) is 6.42 Å². The third-order valence-corrected chi connectivity index (χ3v) is 3.36. The van der Waals surface area contributed by atoms with Crippen LogP contribution in [-0.4, -0.2) is 35.3 Å². The number of carbonyl (C=O) groups excluding carboxylic acids is 1. The van der Waals surface area contributed by atoms with Gasteiger partial charge in [0.2, 0.25) is 0 Å². The molecule has 7 nitrogen and oxygen atoms in total. The van der Waals surface area contributed by atoms with Crippen LogP contribution >= 0.6 is 0 Å². The van der Waals surface area contributed by atoms with E-state index >= 15 is 0 Å². The van der Waals surface area contributed by atoms with Crippen molar-refractivity contribution in [1.82, 2.24) is 0 Å². The Bertz CT molecular complexity index is 602. The van der Waals surface area contributed by atoms with Crippen molar-refractivity contribution in [3.63, 3.8) is 0 Å². The van der Waals surface area contributed by atoms with Crippen LogP contribution in [-0.2, 0) is 19.7 Å². The number of para-hydroxylation sites is 1. The van der Waals surface area contributed by atoms with E-state index < -0.39 is 33.7 Å². The van der Waals surface area contributed by atoms with Crippen LogP contribution in [0, 0.1) is 6.92 Å². The fraction of sp³-hybridized carbons (Fsp3) is 0.273. The molecule has 0 bridgehead atoms. The van der Waals surface area contributed by atoms with Crippen LogP contribution in [0.2, 0.25) is 0 Å². The maximum absolute atomic E-state index is 11.6. The fourth-order valence-electron chi connectivity index (χ4n) is 1.31. The summed E-state index contributed by atoms with van der Waals surface area (Å²) in [4.78, 5) is 22.1. The Morgan fingerprint density at radius 3 is 2.35 bits per heavy atom. The van der Waals surface area contributed by atoms with Gasteiger partial charge in [0.1, 0.15) is 5.75 Å². The predicted octanol–water partition coefficient (Wildman–Crippen LogP) is -2.25. The van der Waals surface area contributed by atoms with Crippen molar-refractivity contribution >= 4 is 22.1 Å². The largest absolute Gasteiger partial charge is 1.00 e. The second-order valence-corrected chi connectivity index (χ2v) is 5.39. The summed E-state index contributed by atoms with van der Waals surface area (Å²) in [5, 5.41) is 6.38. The zero-order valence-corrected chi connectivity index (χ0v) is 13.8. The van der Waals surface area contributed by atoms with Crippen molar-refractivity contribution in [3.05, 3.63) is 29.8 Å². The molecular weight excluding hydrogens is 299 g/mol. The Kier molecular flexibility index (Phi) is 7.39. The molecule has 1 atom stereocenters. The maximum Gasteiger partial charge on any atom is 1.00 e. The number of carboxylic acids is 1. The summed E-state index contributed by atoms with van der Waals surface area (Å²) in [6.45, 7) is 1.63. The molecule has 20 heavy (non-hydrogen) atoms. The topological polar surface area (TPSA) is 118 Å². The summed E-state index contributed by atoms with van der Waals surface area (Å²) in [6, 6.07) is 6.30. The maximum atomic E-state index is 11.6. The molecule has 0 aliphatic rings. The van der Waals surface area contributed by atoms with Crippen LogP contribution in [0.4, 0.5) is 0 Å². The van der Waals surface area contributed by atoms with Gasteiger partial charge in [-0.05, 0) is 18.6 Å². The van der Waals surface area contributed by atoms with Gasteiger partial charge in [-0.15, -0.1) is 0 Å². The molecular formula is C11H13NaO7S. The quantitative estimate of drug-likeness (QED) is 0.273. The Morgan fingerprint density at radius 2 is 1.90 bits per heavy atom. The molecule has 2 N–H and O–H groups in total. The van der Waals surface area contributed by atoms with Gasteiger partial charge in [-0.1, -0.05) is 18.2 Å². The van der Waals surface area contributed by atoms with Gasteiger partial charge in [0.25, 0.3) is 10.1 Å². The van der Waals surface area contributed by atoms with Crippen LogP contribution in [0.5, 0.6) is 5.75 Å². The number of carbonyl (C=O) groups is 2. The van der Waals surface area contributed by atoms with E-state index in [-0.39, 0.29) is 36.7 Å². The van der Waals surface area contributed by atoms with Crippen molar-refractivity contribution in [3.8, 4) is 5.75 Å². The summed E-state index contributed by atoms with van der Waals surface area (Å²) >= 11 is 0. The Balaban J connectivity index is 0. The molecule has 1 aromatic rings. The van der Waals surface area contributed by atoms with Crippen molar-refractivity contribution in [2.45, 2.75) is 18.6 Å². The van der Waals surface area contributed by atoms with Crippen LogP contribution in [0.15, 0.2) is 24.3 Å². The number of benzene rings is 1. The summed E-state index contributed by atoms with van der Waals surface area (Å²) in [5.41, 5.74) is 0.570. The Labute approximate surface area is 139 Å². The first-order valence-electron chi connectivity index (χ1n) is 5.17.